The number of aromatic nitrogens is 1. The first-order chi connectivity index (χ1) is 12.7. The third-order valence-electron chi connectivity index (χ3n) is 3.94. The predicted octanol–water partition coefficient (Wildman–Crippen LogP) is 2.75. The van der Waals surface area contributed by atoms with Crippen molar-refractivity contribution in [3.05, 3.63) is 47.7 Å². The molecule has 2 heterocycles. The molecule has 2 aromatic rings. The number of nitrogens with one attached hydrogen (secondary N) is 2. The molecular weight excluding hydrogens is 457 g/mol. The van der Waals surface area contributed by atoms with Gasteiger partial charge < -0.3 is 25.0 Å². The summed E-state index contributed by atoms with van der Waals surface area (Å²) in [6.45, 7) is 4.33. The van der Waals surface area contributed by atoms with Crippen molar-refractivity contribution in [2.24, 2.45) is 4.99 Å². The molecule has 1 aromatic heterocycles. The van der Waals surface area contributed by atoms with Crippen LogP contribution in [0.5, 0.6) is 11.5 Å². The van der Waals surface area contributed by atoms with Crippen molar-refractivity contribution in [1.82, 2.24) is 15.6 Å². The zero-order valence-electron chi connectivity index (χ0n) is 15.9. The lowest BCUT2D eigenvalue weighted by molar-refractivity contribution is 0.174. The molecule has 1 aromatic carbocycles. The van der Waals surface area contributed by atoms with Crippen molar-refractivity contribution in [2.75, 3.05) is 32.3 Å². The summed E-state index contributed by atoms with van der Waals surface area (Å²) in [5, 5.41) is 6.64. The molecule has 3 rings (SSSR count). The molecule has 0 atom stereocenters. The second kappa shape index (κ2) is 10.2. The smallest absolute Gasteiger partial charge is 0.231 e. The maximum atomic E-state index is 5.42. The van der Waals surface area contributed by atoms with Gasteiger partial charge in [0, 0.05) is 38.9 Å². The summed E-state index contributed by atoms with van der Waals surface area (Å²) < 4.78 is 10.8. The monoisotopic (exact) mass is 483 g/mol. The lowest BCUT2D eigenvalue weighted by Gasteiger charge is -2.17. The molecule has 0 radical (unpaired) electrons. The first-order valence-electron chi connectivity index (χ1n) is 8.69. The number of guanidine groups is 1. The second-order valence-corrected chi connectivity index (χ2v) is 6.12. The molecule has 0 spiro atoms. The van der Waals surface area contributed by atoms with Crippen LogP contribution in [0.4, 0.5) is 5.82 Å². The Morgan fingerprint density at radius 2 is 2.00 bits per heavy atom. The van der Waals surface area contributed by atoms with E-state index in [0.717, 1.165) is 40.9 Å². The summed E-state index contributed by atoms with van der Waals surface area (Å²) in [6.07, 6.45) is 1.80. The van der Waals surface area contributed by atoms with E-state index in [1.165, 1.54) is 0 Å². The number of benzene rings is 1. The van der Waals surface area contributed by atoms with E-state index in [1.54, 1.807) is 6.20 Å². The molecule has 0 amide bonds. The molecule has 8 heteroatoms. The highest BCUT2D eigenvalue weighted by atomic mass is 127. The fourth-order valence-electron chi connectivity index (χ4n) is 2.70. The van der Waals surface area contributed by atoms with Crippen LogP contribution in [-0.2, 0) is 13.1 Å². The fraction of sp³-hybridized carbons (Fsp3) is 0.368. The maximum absolute atomic E-state index is 5.42. The molecule has 0 saturated heterocycles. The highest BCUT2D eigenvalue weighted by Gasteiger charge is 2.13. The van der Waals surface area contributed by atoms with Crippen LogP contribution in [0.25, 0.3) is 0 Å². The molecule has 0 fully saturated rings. The molecule has 1 aliphatic rings. The zero-order valence-corrected chi connectivity index (χ0v) is 18.2. The Bertz CT molecular complexity index is 782. The SMILES string of the molecule is CCNC(=NCc1ccc2c(c1)OCO2)NCc1cccnc1N(C)C.I. The summed E-state index contributed by atoms with van der Waals surface area (Å²) in [5.41, 5.74) is 2.19. The molecular formula is C19H26IN5O2. The Kier molecular flexibility index (Phi) is 7.96. The molecule has 0 saturated carbocycles. The van der Waals surface area contributed by atoms with Crippen molar-refractivity contribution in [3.8, 4) is 11.5 Å². The van der Waals surface area contributed by atoms with Crippen LogP contribution in [0.2, 0.25) is 0 Å². The Morgan fingerprint density at radius 1 is 1.19 bits per heavy atom. The van der Waals surface area contributed by atoms with Gasteiger partial charge >= 0.3 is 0 Å². The summed E-state index contributed by atoms with van der Waals surface area (Å²) in [5.74, 6) is 3.28. The number of ether oxygens (including phenoxy) is 2. The number of pyridine rings is 1. The minimum atomic E-state index is 0. The van der Waals surface area contributed by atoms with Gasteiger partial charge in [0.1, 0.15) is 5.82 Å². The van der Waals surface area contributed by atoms with E-state index < -0.39 is 0 Å². The Labute approximate surface area is 177 Å². The van der Waals surface area contributed by atoms with Gasteiger partial charge in [-0.05, 0) is 30.7 Å². The summed E-state index contributed by atoms with van der Waals surface area (Å²) in [4.78, 5) is 11.1. The molecule has 1 aliphatic heterocycles. The second-order valence-electron chi connectivity index (χ2n) is 6.12. The normalized spacial score (nSPS) is 12.3. The average molecular weight is 483 g/mol. The van der Waals surface area contributed by atoms with Gasteiger partial charge in [-0.25, -0.2) is 9.98 Å². The van der Waals surface area contributed by atoms with E-state index in [-0.39, 0.29) is 30.8 Å². The van der Waals surface area contributed by atoms with Crippen molar-refractivity contribution in [2.45, 2.75) is 20.0 Å². The highest BCUT2D eigenvalue weighted by Crippen LogP contribution is 2.32. The van der Waals surface area contributed by atoms with Crippen LogP contribution in [0.3, 0.4) is 0 Å². The molecule has 146 valence electrons. The number of halogens is 1. The molecule has 2 N–H and O–H groups in total. The van der Waals surface area contributed by atoms with Crippen LogP contribution in [0.15, 0.2) is 41.5 Å². The van der Waals surface area contributed by atoms with Crippen molar-refractivity contribution >= 4 is 35.8 Å². The maximum Gasteiger partial charge on any atom is 0.231 e. The molecule has 27 heavy (non-hydrogen) atoms. The minimum absolute atomic E-state index is 0. The van der Waals surface area contributed by atoms with Crippen molar-refractivity contribution < 1.29 is 9.47 Å². The van der Waals surface area contributed by atoms with Crippen LogP contribution >= 0.6 is 24.0 Å². The number of hydrogen-bond acceptors (Lipinski definition) is 5. The lowest BCUT2D eigenvalue weighted by atomic mass is 10.2. The first kappa shape index (κ1) is 21.1. The third kappa shape index (κ3) is 5.62. The Hall–Kier alpha value is -2.23. The Morgan fingerprint density at radius 3 is 2.78 bits per heavy atom. The summed E-state index contributed by atoms with van der Waals surface area (Å²) in [6, 6.07) is 9.91. The number of rotatable bonds is 6. The van der Waals surface area contributed by atoms with Crippen molar-refractivity contribution in [1.29, 1.82) is 0 Å². The highest BCUT2D eigenvalue weighted by molar-refractivity contribution is 14.0. The van der Waals surface area contributed by atoms with Gasteiger partial charge in [-0.1, -0.05) is 12.1 Å². The van der Waals surface area contributed by atoms with Crippen LogP contribution < -0.4 is 25.0 Å². The van der Waals surface area contributed by atoms with Crippen LogP contribution in [-0.4, -0.2) is 38.4 Å². The third-order valence-corrected chi connectivity index (χ3v) is 3.94. The van der Waals surface area contributed by atoms with Gasteiger partial charge in [0.05, 0.1) is 6.54 Å². The van der Waals surface area contributed by atoms with Gasteiger partial charge in [0.25, 0.3) is 0 Å². The van der Waals surface area contributed by atoms with E-state index in [0.29, 0.717) is 13.1 Å². The van der Waals surface area contributed by atoms with Gasteiger partial charge in [-0.3, -0.25) is 0 Å². The number of aliphatic imine (C=N–C) groups is 1. The van der Waals surface area contributed by atoms with Crippen LogP contribution in [0.1, 0.15) is 18.1 Å². The fourth-order valence-corrected chi connectivity index (χ4v) is 2.70. The first-order valence-corrected chi connectivity index (χ1v) is 8.69. The van der Waals surface area contributed by atoms with E-state index in [4.69, 9.17) is 9.47 Å². The molecule has 0 aliphatic carbocycles. The lowest BCUT2D eigenvalue weighted by Crippen LogP contribution is -2.37. The topological polar surface area (TPSA) is 71.0 Å². The minimum Gasteiger partial charge on any atom is -0.454 e. The molecule has 0 bridgehead atoms. The van der Waals surface area contributed by atoms with Gasteiger partial charge in [0.2, 0.25) is 6.79 Å². The quantitative estimate of drug-likeness (QED) is 0.374. The molecule has 0 unspecified atom stereocenters. The van der Waals surface area contributed by atoms with E-state index in [1.807, 2.05) is 50.2 Å². The Balaban J connectivity index is 0.00000261. The summed E-state index contributed by atoms with van der Waals surface area (Å²) in [7, 11) is 3.98. The van der Waals surface area contributed by atoms with E-state index >= 15 is 0 Å². The van der Waals surface area contributed by atoms with E-state index in [2.05, 4.69) is 26.7 Å². The number of fused-ring (bicyclic) bond motifs is 1. The largest absolute Gasteiger partial charge is 0.454 e. The standard InChI is InChI=1S/C19H25N5O2.HI/c1-4-20-19(23-12-15-6-5-9-21-18(15)24(2)3)22-11-14-7-8-16-17(10-14)26-13-25-16;/h5-10H,4,11-13H2,1-3H3,(H2,20,22,23);1H. The predicted molar refractivity (Wildman–Crippen MR) is 118 cm³/mol. The number of nitrogens with zero attached hydrogens (tertiary/aromatic N) is 3. The zero-order chi connectivity index (χ0) is 18.4. The number of hydrogen-bond donors (Lipinski definition) is 2. The van der Waals surface area contributed by atoms with E-state index in [9.17, 15) is 0 Å². The van der Waals surface area contributed by atoms with Gasteiger partial charge in [0.15, 0.2) is 17.5 Å². The van der Waals surface area contributed by atoms with Gasteiger partial charge in [-0.15, -0.1) is 24.0 Å². The average Bonchev–Trinajstić information content (AvgIpc) is 3.12. The van der Waals surface area contributed by atoms with Gasteiger partial charge in [-0.2, -0.15) is 0 Å². The van der Waals surface area contributed by atoms with Crippen molar-refractivity contribution in [3.63, 3.8) is 0 Å². The van der Waals surface area contributed by atoms with Crippen LogP contribution in [0, 0.1) is 0 Å². The molecule has 7 nitrogen and oxygen atoms in total. The number of anilines is 1. The summed E-state index contributed by atoms with van der Waals surface area (Å²) >= 11 is 0.